The van der Waals surface area contributed by atoms with Crippen molar-refractivity contribution in [3.63, 3.8) is 0 Å². The van der Waals surface area contributed by atoms with Crippen LogP contribution in [0.1, 0.15) is 0 Å². The van der Waals surface area contributed by atoms with E-state index < -0.39 is 0 Å². The third-order valence-electron chi connectivity index (χ3n) is 10.6. The van der Waals surface area contributed by atoms with Gasteiger partial charge in [-0.25, -0.2) is 29.9 Å². The summed E-state index contributed by atoms with van der Waals surface area (Å²) in [6.45, 7) is 0. The van der Waals surface area contributed by atoms with Gasteiger partial charge in [-0.15, -0.1) is 0 Å². The highest BCUT2D eigenvalue weighted by Crippen LogP contribution is 2.39. The van der Waals surface area contributed by atoms with E-state index in [1.54, 1.807) is 0 Å². The lowest BCUT2D eigenvalue weighted by atomic mass is 9.96. The van der Waals surface area contributed by atoms with Crippen LogP contribution in [0.25, 0.3) is 112 Å². The Hall–Kier alpha value is -8.16. The Labute approximate surface area is 339 Å². The van der Waals surface area contributed by atoms with Gasteiger partial charge in [0.1, 0.15) is 11.2 Å². The van der Waals surface area contributed by atoms with Crippen LogP contribution in [0, 0.1) is 0 Å². The van der Waals surface area contributed by atoms with Gasteiger partial charge in [0.25, 0.3) is 0 Å². The van der Waals surface area contributed by atoms with Gasteiger partial charge >= 0.3 is 0 Å². The number of pyridine rings is 1. The number of rotatable bonds is 7. The normalized spacial score (nSPS) is 11.4. The van der Waals surface area contributed by atoms with E-state index in [2.05, 4.69) is 78.9 Å². The van der Waals surface area contributed by atoms with Crippen molar-refractivity contribution in [2.45, 2.75) is 0 Å². The van der Waals surface area contributed by atoms with Crippen LogP contribution in [-0.2, 0) is 0 Å². The molecule has 0 radical (unpaired) electrons. The summed E-state index contributed by atoms with van der Waals surface area (Å²) in [5.74, 6) is 2.52. The molecule has 4 heterocycles. The molecular weight excluding hydrogens is 725 g/mol. The topological polar surface area (TPSA) is 90.5 Å². The lowest BCUT2D eigenvalue weighted by Gasteiger charge is -2.11. The number of nitrogens with zero attached hydrogens (tertiary/aromatic N) is 6. The second-order valence-corrected chi connectivity index (χ2v) is 14.3. The summed E-state index contributed by atoms with van der Waals surface area (Å²) in [6.07, 6.45) is 1.85. The molecule has 11 rings (SSSR count). The summed E-state index contributed by atoms with van der Waals surface area (Å²) in [7, 11) is 0. The zero-order chi connectivity index (χ0) is 39.1. The van der Waals surface area contributed by atoms with Crippen LogP contribution in [0.15, 0.2) is 199 Å². The number of furan rings is 1. The average Bonchev–Trinajstić information content (AvgIpc) is 3.70. The predicted octanol–water partition coefficient (Wildman–Crippen LogP) is 12.8. The van der Waals surface area contributed by atoms with Crippen molar-refractivity contribution in [2.24, 2.45) is 0 Å². The molecular formula is C52H32N6O. The lowest BCUT2D eigenvalue weighted by molar-refractivity contribution is 0.653. The molecule has 59 heavy (non-hydrogen) atoms. The standard InChI is InChI=1S/C52H32N6O/c1-5-14-33(15-6-1)41-31-44-46-47(59-52(44)53-32-41)45(54-48(55-46)35-16-7-2-8-17-35)43-23-13-22-40-30-39(28-29-42(40)43)34-24-26-38(27-25-34)51-57-49(36-18-9-3-10-19-36)56-50(58-51)37-20-11-4-12-21-37/h1-32H. The molecule has 7 nitrogen and oxygen atoms in total. The van der Waals surface area contributed by atoms with Crippen molar-refractivity contribution >= 4 is 33.0 Å². The number of hydrogen-bond donors (Lipinski definition) is 0. The summed E-state index contributed by atoms with van der Waals surface area (Å²) in [4.78, 5) is 29.7. The molecule has 0 amide bonds. The summed E-state index contributed by atoms with van der Waals surface area (Å²) in [5, 5.41) is 2.98. The molecule has 0 fully saturated rings. The van der Waals surface area contributed by atoms with Gasteiger partial charge in [-0.2, -0.15) is 0 Å². The van der Waals surface area contributed by atoms with Crippen molar-refractivity contribution in [1.29, 1.82) is 0 Å². The minimum atomic E-state index is 0.524. The van der Waals surface area contributed by atoms with E-state index in [0.717, 1.165) is 77.4 Å². The third-order valence-corrected chi connectivity index (χ3v) is 10.6. The number of hydrogen-bond acceptors (Lipinski definition) is 7. The lowest BCUT2D eigenvalue weighted by Crippen LogP contribution is -2.00. The van der Waals surface area contributed by atoms with Gasteiger partial charge in [-0.3, -0.25) is 0 Å². The first kappa shape index (κ1) is 34.1. The second kappa shape index (κ2) is 14.4. The summed E-state index contributed by atoms with van der Waals surface area (Å²) >= 11 is 0. The van der Waals surface area contributed by atoms with Crippen LogP contribution in [0.3, 0.4) is 0 Å². The van der Waals surface area contributed by atoms with Crippen molar-refractivity contribution in [3.05, 3.63) is 194 Å². The monoisotopic (exact) mass is 756 g/mol. The minimum Gasteiger partial charge on any atom is -0.434 e. The Morgan fingerprint density at radius 2 is 0.831 bits per heavy atom. The van der Waals surface area contributed by atoms with Crippen molar-refractivity contribution in [3.8, 4) is 79.1 Å². The Kier molecular flexibility index (Phi) is 8.33. The molecule has 0 aliphatic carbocycles. The number of aromatic nitrogens is 6. The quantitative estimate of drug-likeness (QED) is 0.160. The molecule has 11 aromatic rings. The van der Waals surface area contributed by atoms with Gasteiger partial charge in [0, 0.05) is 39.6 Å². The molecule has 0 aliphatic heterocycles. The SMILES string of the molecule is c1ccc(-c2cnc3oc4c(-c5cccc6cc(-c7ccc(-c8nc(-c9ccccc9)nc(-c9ccccc9)n8)cc7)ccc56)nc(-c5ccccc5)nc4c3c2)cc1. The van der Waals surface area contributed by atoms with Gasteiger partial charge in [0.2, 0.25) is 5.71 Å². The smallest absolute Gasteiger partial charge is 0.229 e. The van der Waals surface area contributed by atoms with Crippen LogP contribution in [0.5, 0.6) is 0 Å². The molecule has 7 aromatic carbocycles. The molecule has 0 unspecified atom stereocenters. The molecule has 0 saturated carbocycles. The van der Waals surface area contributed by atoms with E-state index in [1.807, 2.05) is 115 Å². The molecule has 276 valence electrons. The molecule has 0 atom stereocenters. The molecule has 0 saturated heterocycles. The van der Waals surface area contributed by atoms with Crippen LogP contribution < -0.4 is 0 Å². The Bertz CT molecular complexity index is 3240. The van der Waals surface area contributed by atoms with Crippen molar-refractivity contribution in [2.75, 3.05) is 0 Å². The highest BCUT2D eigenvalue weighted by Gasteiger charge is 2.21. The zero-order valence-corrected chi connectivity index (χ0v) is 31.6. The fourth-order valence-electron chi connectivity index (χ4n) is 7.64. The Morgan fingerprint density at radius 1 is 0.339 bits per heavy atom. The first-order valence-electron chi connectivity index (χ1n) is 19.4. The van der Waals surface area contributed by atoms with Gasteiger partial charge < -0.3 is 4.42 Å². The highest BCUT2D eigenvalue weighted by molar-refractivity contribution is 6.10. The maximum Gasteiger partial charge on any atom is 0.229 e. The largest absolute Gasteiger partial charge is 0.434 e. The van der Waals surface area contributed by atoms with E-state index in [9.17, 15) is 0 Å². The summed E-state index contributed by atoms with van der Waals surface area (Å²) < 4.78 is 6.52. The van der Waals surface area contributed by atoms with E-state index >= 15 is 0 Å². The van der Waals surface area contributed by atoms with Crippen molar-refractivity contribution in [1.82, 2.24) is 29.9 Å². The first-order valence-corrected chi connectivity index (χ1v) is 19.4. The summed E-state index contributed by atoms with van der Waals surface area (Å²) in [6, 6.07) is 63.8. The molecule has 0 spiro atoms. The van der Waals surface area contributed by atoms with Crippen LogP contribution >= 0.6 is 0 Å². The van der Waals surface area contributed by atoms with Gasteiger partial charge in [0.05, 0.1) is 5.39 Å². The predicted molar refractivity (Wildman–Crippen MR) is 236 cm³/mol. The van der Waals surface area contributed by atoms with Crippen LogP contribution in [-0.4, -0.2) is 29.9 Å². The maximum absolute atomic E-state index is 6.52. The van der Waals surface area contributed by atoms with E-state index in [-0.39, 0.29) is 0 Å². The highest BCUT2D eigenvalue weighted by atomic mass is 16.3. The number of benzene rings is 7. The average molecular weight is 757 g/mol. The second-order valence-electron chi connectivity index (χ2n) is 14.3. The third kappa shape index (κ3) is 6.37. The van der Waals surface area contributed by atoms with Crippen molar-refractivity contribution < 1.29 is 4.42 Å². The zero-order valence-electron chi connectivity index (χ0n) is 31.6. The first-order chi connectivity index (χ1) is 29.2. The fourth-order valence-corrected chi connectivity index (χ4v) is 7.64. The summed E-state index contributed by atoms with van der Waals surface area (Å²) in [5.41, 5.74) is 11.5. The van der Waals surface area contributed by atoms with Gasteiger partial charge in [-0.05, 0) is 39.6 Å². The molecule has 7 heteroatoms. The van der Waals surface area contributed by atoms with E-state index in [0.29, 0.717) is 34.6 Å². The van der Waals surface area contributed by atoms with Crippen LogP contribution in [0.4, 0.5) is 0 Å². The van der Waals surface area contributed by atoms with E-state index in [1.165, 1.54) is 0 Å². The molecule has 0 aliphatic rings. The minimum absolute atomic E-state index is 0.524. The Balaban J connectivity index is 0.994. The Morgan fingerprint density at radius 3 is 1.42 bits per heavy atom. The number of fused-ring (bicyclic) bond motifs is 4. The molecule has 0 N–H and O–H groups in total. The molecule has 4 aromatic heterocycles. The van der Waals surface area contributed by atoms with Crippen LogP contribution in [0.2, 0.25) is 0 Å². The maximum atomic E-state index is 6.52. The van der Waals surface area contributed by atoms with Gasteiger partial charge in [-0.1, -0.05) is 176 Å². The van der Waals surface area contributed by atoms with Gasteiger partial charge in [0.15, 0.2) is 28.9 Å². The van der Waals surface area contributed by atoms with E-state index in [4.69, 9.17) is 34.3 Å². The molecule has 0 bridgehead atoms. The fraction of sp³-hybridized carbons (Fsp3) is 0.